The van der Waals surface area contributed by atoms with Crippen LogP contribution < -0.4 is 0 Å². The first-order valence-corrected chi connectivity index (χ1v) is 5.89. The molecule has 92 valence electrons. The molecular weight excluding hydrogens is 228 g/mol. The van der Waals surface area contributed by atoms with Gasteiger partial charge < -0.3 is 10.2 Å². The molecule has 5 heteroatoms. The number of aryl methyl sites for hydroxylation is 2. The van der Waals surface area contributed by atoms with Crippen LogP contribution in [0.2, 0.25) is 5.15 Å². The minimum Gasteiger partial charge on any atom is -0.390 e. The number of rotatable bonds is 5. The van der Waals surface area contributed by atoms with Crippen LogP contribution in [0.3, 0.4) is 0 Å². The Hall–Kier alpha value is -0.580. The summed E-state index contributed by atoms with van der Waals surface area (Å²) in [5.74, 6) is 0. The van der Waals surface area contributed by atoms with Gasteiger partial charge >= 0.3 is 0 Å². The molecule has 0 aliphatic rings. The van der Waals surface area contributed by atoms with E-state index in [1.54, 1.807) is 11.7 Å². The van der Waals surface area contributed by atoms with E-state index in [-0.39, 0.29) is 0 Å². The Bertz CT molecular complexity index is 352. The first kappa shape index (κ1) is 13.5. The van der Waals surface area contributed by atoms with Gasteiger partial charge in [0, 0.05) is 19.0 Å². The summed E-state index contributed by atoms with van der Waals surface area (Å²) >= 11 is 6.05. The minimum atomic E-state index is -0.777. The number of nitrogens with zero attached hydrogens (tertiary/aromatic N) is 2. The highest BCUT2D eigenvalue weighted by Gasteiger charge is 2.20. The molecule has 2 unspecified atom stereocenters. The molecule has 1 rings (SSSR count). The summed E-state index contributed by atoms with van der Waals surface area (Å²) in [6, 6.07) is 0. The Balaban J connectivity index is 2.72. The van der Waals surface area contributed by atoms with Crippen LogP contribution in [0.25, 0.3) is 0 Å². The second-order valence-electron chi connectivity index (χ2n) is 4.11. The van der Waals surface area contributed by atoms with Crippen molar-refractivity contribution in [3.8, 4) is 0 Å². The highest BCUT2D eigenvalue weighted by molar-refractivity contribution is 6.30. The van der Waals surface area contributed by atoms with Crippen LogP contribution in [0.1, 0.15) is 31.0 Å². The highest BCUT2D eigenvalue weighted by atomic mass is 35.5. The maximum absolute atomic E-state index is 9.81. The lowest BCUT2D eigenvalue weighted by Gasteiger charge is -2.16. The molecule has 0 aromatic carbocycles. The van der Waals surface area contributed by atoms with Crippen molar-refractivity contribution in [1.29, 1.82) is 0 Å². The monoisotopic (exact) mass is 246 g/mol. The maximum Gasteiger partial charge on any atom is 0.130 e. The number of hydrogen-bond donors (Lipinski definition) is 2. The summed E-state index contributed by atoms with van der Waals surface area (Å²) < 4.78 is 1.57. The standard InChI is InChI=1S/C11H19ClN2O2/c1-4-5-9(15)10(16)6-8-7(2)13-14(3)11(8)12/h9-10,15-16H,4-6H2,1-3H3. The average Bonchev–Trinajstić information content (AvgIpc) is 2.45. The molecule has 1 aromatic rings. The van der Waals surface area contributed by atoms with Gasteiger partial charge in [0.25, 0.3) is 0 Å². The van der Waals surface area contributed by atoms with E-state index < -0.39 is 12.2 Å². The lowest BCUT2D eigenvalue weighted by Crippen LogP contribution is -2.28. The molecular formula is C11H19ClN2O2. The van der Waals surface area contributed by atoms with Crippen LogP contribution >= 0.6 is 11.6 Å². The van der Waals surface area contributed by atoms with Crippen molar-refractivity contribution in [2.45, 2.75) is 45.3 Å². The second-order valence-corrected chi connectivity index (χ2v) is 4.46. The van der Waals surface area contributed by atoms with Gasteiger partial charge in [-0.05, 0) is 13.3 Å². The molecule has 2 atom stereocenters. The van der Waals surface area contributed by atoms with E-state index in [1.807, 2.05) is 13.8 Å². The Morgan fingerprint density at radius 1 is 1.38 bits per heavy atom. The van der Waals surface area contributed by atoms with Gasteiger partial charge in [0.15, 0.2) is 0 Å². The van der Waals surface area contributed by atoms with Gasteiger partial charge in [0.1, 0.15) is 5.15 Å². The fourth-order valence-electron chi connectivity index (χ4n) is 1.74. The van der Waals surface area contributed by atoms with Crippen LogP contribution in [0, 0.1) is 6.92 Å². The molecule has 1 heterocycles. The summed E-state index contributed by atoms with van der Waals surface area (Å²) in [6.07, 6.45) is 0.316. The highest BCUT2D eigenvalue weighted by Crippen LogP contribution is 2.21. The van der Waals surface area contributed by atoms with E-state index >= 15 is 0 Å². The van der Waals surface area contributed by atoms with Gasteiger partial charge in [-0.25, -0.2) is 0 Å². The lowest BCUT2D eigenvalue weighted by molar-refractivity contribution is 0.0147. The third-order valence-corrected chi connectivity index (χ3v) is 3.18. The number of aromatic nitrogens is 2. The van der Waals surface area contributed by atoms with Gasteiger partial charge in [-0.3, -0.25) is 4.68 Å². The van der Waals surface area contributed by atoms with Crippen LogP contribution in [-0.2, 0) is 13.5 Å². The van der Waals surface area contributed by atoms with Crippen molar-refractivity contribution in [2.24, 2.45) is 7.05 Å². The van der Waals surface area contributed by atoms with Crippen LogP contribution in [0.15, 0.2) is 0 Å². The molecule has 0 spiro atoms. The van der Waals surface area contributed by atoms with Crippen molar-refractivity contribution in [3.05, 3.63) is 16.4 Å². The summed E-state index contributed by atoms with van der Waals surface area (Å²) in [6.45, 7) is 3.82. The molecule has 0 saturated heterocycles. The zero-order chi connectivity index (χ0) is 12.3. The number of halogens is 1. The van der Waals surface area contributed by atoms with E-state index in [2.05, 4.69) is 5.10 Å². The van der Waals surface area contributed by atoms with E-state index in [0.29, 0.717) is 18.0 Å². The Morgan fingerprint density at radius 3 is 2.44 bits per heavy atom. The average molecular weight is 247 g/mol. The molecule has 16 heavy (non-hydrogen) atoms. The van der Waals surface area contributed by atoms with Crippen molar-refractivity contribution < 1.29 is 10.2 Å². The van der Waals surface area contributed by atoms with Crippen molar-refractivity contribution in [2.75, 3.05) is 0 Å². The number of aliphatic hydroxyl groups is 2. The largest absolute Gasteiger partial charge is 0.390 e. The normalized spacial score (nSPS) is 15.1. The van der Waals surface area contributed by atoms with E-state index in [9.17, 15) is 10.2 Å². The van der Waals surface area contributed by atoms with E-state index in [1.165, 1.54) is 0 Å². The Kier molecular flexibility index (Phi) is 4.77. The van der Waals surface area contributed by atoms with Crippen LogP contribution in [-0.4, -0.2) is 32.2 Å². The fourth-order valence-corrected chi connectivity index (χ4v) is 1.99. The van der Waals surface area contributed by atoms with E-state index in [4.69, 9.17) is 11.6 Å². The SMILES string of the molecule is CCCC(O)C(O)Cc1c(C)nn(C)c1Cl. The van der Waals surface area contributed by atoms with Gasteiger partial charge in [0.2, 0.25) is 0 Å². The third-order valence-electron chi connectivity index (χ3n) is 2.71. The van der Waals surface area contributed by atoms with E-state index in [0.717, 1.165) is 17.7 Å². The molecule has 0 radical (unpaired) electrons. The molecule has 0 bridgehead atoms. The summed E-state index contributed by atoms with van der Waals surface area (Å²) in [5.41, 5.74) is 1.61. The molecule has 0 amide bonds. The molecule has 0 aliphatic heterocycles. The number of aliphatic hydroxyl groups excluding tert-OH is 2. The molecule has 1 aromatic heterocycles. The summed E-state index contributed by atoms with van der Waals surface area (Å²) in [4.78, 5) is 0. The van der Waals surface area contributed by atoms with Crippen LogP contribution in [0.4, 0.5) is 0 Å². The first-order chi connectivity index (χ1) is 7.47. The smallest absolute Gasteiger partial charge is 0.130 e. The van der Waals surface area contributed by atoms with Crippen LogP contribution in [0.5, 0.6) is 0 Å². The van der Waals surface area contributed by atoms with Gasteiger partial charge in [-0.2, -0.15) is 5.10 Å². The fraction of sp³-hybridized carbons (Fsp3) is 0.727. The van der Waals surface area contributed by atoms with Gasteiger partial charge in [0.05, 0.1) is 17.9 Å². The lowest BCUT2D eigenvalue weighted by atomic mass is 10.0. The quantitative estimate of drug-likeness (QED) is 0.827. The molecule has 4 nitrogen and oxygen atoms in total. The molecule has 0 saturated carbocycles. The zero-order valence-corrected chi connectivity index (χ0v) is 10.7. The molecule has 0 fully saturated rings. The van der Waals surface area contributed by atoms with Gasteiger partial charge in [-0.1, -0.05) is 24.9 Å². The first-order valence-electron chi connectivity index (χ1n) is 5.51. The second kappa shape index (κ2) is 5.66. The molecule has 0 aliphatic carbocycles. The predicted octanol–water partition coefficient (Wildman–Crippen LogP) is 1.45. The number of hydrogen-bond acceptors (Lipinski definition) is 3. The predicted molar refractivity (Wildman–Crippen MR) is 63.6 cm³/mol. The summed E-state index contributed by atoms with van der Waals surface area (Å²) in [5, 5.41) is 24.2. The topological polar surface area (TPSA) is 58.3 Å². The Labute approximate surface area is 101 Å². The molecule has 2 N–H and O–H groups in total. The minimum absolute atomic E-state index is 0.347. The van der Waals surface area contributed by atoms with Crippen molar-refractivity contribution >= 4 is 11.6 Å². The van der Waals surface area contributed by atoms with Gasteiger partial charge in [-0.15, -0.1) is 0 Å². The summed E-state index contributed by atoms with van der Waals surface area (Å²) in [7, 11) is 1.76. The van der Waals surface area contributed by atoms with Crippen molar-refractivity contribution in [1.82, 2.24) is 9.78 Å². The third kappa shape index (κ3) is 2.97. The Morgan fingerprint density at radius 2 is 2.00 bits per heavy atom. The zero-order valence-electron chi connectivity index (χ0n) is 9.94. The maximum atomic E-state index is 9.81. The van der Waals surface area contributed by atoms with Crippen molar-refractivity contribution in [3.63, 3.8) is 0 Å².